The van der Waals surface area contributed by atoms with E-state index in [1.165, 1.54) is 24.1 Å². The van der Waals surface area contributed by atoms with Crippen LogP contribution in [0.3, 0.4) is 0 Å². The monoisotopic (exact) mass is 282 g/mol. The number of unbranched alkanes of at least 4 members (excludes halogenated alkanes) is 1. The number of hydrogen-bond acceptors (Lipinski definition) is 2. The maximum atomic E-state index is 6.37. The first kappa shape index (κ1) is 15.6. The first-order valence-electron chi connectivity index (χ1n) is 7.89. The van der Waals surface area contributed by atoms with Gasteiger partial charge >= 0.3 is 0 Å². The lowest BCUT2D eigenvalue weighted by Crippen LogP contribution is -2.39. The molecule has 21 heavy (non-hydrogen) atoms. The van der Waals surface area contributed by atoms with Gasteiger partial charge in [0.25, 0.3) is 0 Å². The van der Waals surface area contributed by atoms with Gasteiger partial charge in [-0.2, -0.15) is 0 Å². The zero-order valence-electron chi connectivity index (χ0n) is 12.9. The molecule has 0 aliphatic rings. The fourth-order valence-electron chi connectivity index (χ4n) is 2.58. The van der Waals surface area contributed by atoms with E-state index in [2.05, 4.69) is 66.4 Å². The van der Waals surface area contributed by atoms with Crippen molar-refractivity contribution in [1.29, 1.82) is 0 Å². The van der Waals surface area contributed by atoms with Gasteiger partial charge in [0.15, 0.2) is 0 Å². The standard InChI is InChI=1S/C19H26N2/c1-2-3-14-21(19-12-8-5-9-13-19)16-18(20)15-17-10-6-4-7-11-17/h4-13,18H,2-3,14-16,20H2,1H3. The highest BCUT2D eigenvalue weighted by molar-refractivity contribution is 5.46. The summed E-state index contributed by atoms with van der Waals surface area (Å²) in [5.41, 5.74) is 8.96. The van der Waals surface area contributed by atoms with Crippen molar-refractivity contribution in [3.05, 3.63) is 66.2 Å². The predicted molar refractivity (Wildman–Crippen MR) is 91.7 cm³/mol. The molecular formula is C19H26N2. The molecule has 1 unspecified atom stereocenters. The molecule has 1 atom stereocenters. The molecule has 2 aromatic rings. The molecule has 0 heterocycles. The summed E-state index contributed by atoms with van der Waals surface area (Å²) in [5.74, 6) is 0. The van der Waals surface area contributed by atoms with Crippen LogP contribution in [0.5, 0.6) is 0 Å². The largest absolute Gasteiger partial charge is 0.370 e. The van der Waals surface area contributed by atoms with Crippen LogP contribution in [0.2, 0.25) is 0 Å². The molecule has 2 rings (SSSR count). The van der Waals surface area contributed by atoms with Gasteiger partial charge in [-0.15, -0.1) is 0 Å². The van der Waals surface area contributed by atoms with E-state index in [1.54, 1.807) is 0 Å². The highest BCUT2D eigenvalue weighted by atomic mass is 15.1. The molecule has 0 saturated carbocycles. The molecule has 2 nitrogen and oxygen atoms in total. The molecule has 0 bridgehead atoms. The Kier molecular flexibility index (Phi) is 6.29. The van der Waals surface area contributed by atoms with E-state index >= 15 is 0 Å². The minimum absolute atomic E-state index is 0.157. The maximum Gasteiger partial charge on any atom is 0.0366 e. The third-order valence-electron chi connectivity index (χ3n) is 3.70. The van der Waals surface area contributed by atoms with Gasteiger partial charge in [0, 0.05) is 24.8 Å². The van der Waals surface area contributed by atoms with Crippen molar-refractivity contribution in [3.8, 4) is 0 Å². The fraction of sp³-hybridized carbons (Fsp3) is 0.368. The van der Waals surface area contributed by atoms with Crippen molar-refractivity contribution in [2.24, 2.45) is 5.73 Å². The molecule has 2 heteroatoms. The predicted octanol–water partition coefficient (Wildman–Crippen LogP) is 3.86. The number of nitrogens with zero attached hydrogens (tertiary/aromatic N) is 1. The van der Waals surface area contributed by atoms with Crippen LogP contribution in [0.25, 0.3) is 0 Å². The van der Waals surface area contributed by atoms with Gasteiger partial charge in [-0.3, -0.25) is 0 Å². The molecule has 0 aliphatic heterocycles. The summed E-state index contributed by atoms with van der Waals surface area (Å²) in [7, 11) is 0. The molecule has 0 amide bonds. The van der Waals surface area contributed by atoms with Gasteiger partial charge in [-0.05, 0) is 30.5 Å². The Morgan fingerprint density at radius 2 is 1.57 bits per heavy atom. The van der Waals surface area contributed by atoms with E-state index in [-0.39, 0.29) is 6.04 Å². The summed E-state index contributed by atoms with van der Waals surface area (Å²) in [4.78, 5) is 2.41. The van der Waals surface area contributed by atoms with Gasteiger partial charge in [0.2, 0.25) is 0 Å². The zero-order chi connectivity index (χ0) is 14.9. The Hall–Kier alpha value is -1.80. The highest BCUT2D eigenvalue weighted by Gasteiger charge is 2.11. The van der Waals surface area contributed by atoms with E-state index in [4.69, 9.17) is 5.73 Å². The molecule has 112 valence electrons. The lowest BCUT2D eigenvalue weighted by atomic mass is 10.1. The SMILES string of the molecule is CCCCN(CC(N)Cc1ccccc1)c1ccccc1. The van der Waals surface area contributed by atoms with Crippen molar-refractivity contribution in [2.45, 2.75) is 32.2 Å². The van der Waals surface area contributed by atoms with Crippen LogP contribution in [0.15, 0.2) is 60.7 Å². The second-order valence-corrected chi connectivity index (χ2v) is 5.58. The number of para-hydroxylation sites is 1. The average Bonchev–Trinajstić information content (AvgIpc) is 2.53. The summed E-state index contributed by atoms with van der Waals surface area (Å²) in [5, 5.41) is 0. The summed E-state index contributed by atoms with van der Waals surface area (Å²) in [6, 6.07) is 21.3. The Morgan fingerprint density at radius 1 is 0.952 bits per heavy atom. The van der Waals surface area contributed by atoms with Crippen molar-refractivity contribution < 1.29 is 0 Å². The van der Waals surface area contributed by atoms with Crippen molar-refractivity contribution in [3.63, 3.8) is 0 Å². The lowest BCUT2D eigenvalue weighted by molar-refractivity contribution is 0.613. The van der Waals surface area contributed by atoms with Gasteiger partial charge in [-0.1, -0.05) is 61.9 Å². The molecular weight excluding hydrogens is 256 g/mol. The van der Waals surface area contributed by atoms with E-state index in [1.807, 2.05) is 6.07 Å². The van der Waals surface area contributed by atoms with Crippen molar-refractivity contribution in [2.75, 3.05) is 18.0 Å². The Balaban J connectivity index is 1.97. The number of nitrogens with two attached hydrogens (primary N) is 1. The van der Waals surface area contributed by atoms with E-state index in [0.717, 1.165) is 19.5 Å². The quantitative estimate of drug-likeness (QED) is 0.796. The second kappa shape index (κ2) is 8.48. The van der Waals surface area contributed by atoms with E-state index in [9.17, 15) is 0 Å². The third kappa shape index (κ3) is 5.24. The van der Waals surface area contributed by atoms with Gasteiger partial charge in [0.1, 0.15) is 0 Å². The summed E-state index contributed by atoms with van der Waals surface area (Å²) in [6.45, 7) is 4.20. The first-order valence-corrected chi connectivity index (χ1v) is 7.89. The van der Waals surface area contributed by atoms with Crippen LogP contribution in [-0.4, -0.2) is 19.1 Å². The highest BCUT2D eigenvalue weighted by Crippen LogP contribution is 2.15. The molecule has 0 aliphatic carbocycles. The topological polar surface area (TPSA) is 29.3 Å². The van der Waals surface area contributed by atoms with Gasteiger partial charge in [-0.25, -0.2) is 0 Å². The number of benzene rings is 2. The maximum absolute atomic E-state index is 6.37. The Labute approximate surface area is 128 Å². The number of rotatable bonds is 8. The summed E-state index contributed by atoms with van der Waals surface area (Å²) in [6.07, 6.45) is 3.33. The molecule has 2 aromatic carbocycles. The van der Waals surface area contributed by atoms with Crippen LogP contribution >= 0.6 is 0 Å². The van der Waals surface area contributed by atoms with Crippen LogP contribution < -0.4 is 10.6 Å². The zero-order valence-corrected chi connectivity index (χ0v) is 12.9. The first-order chi connectivity index (χ1) is 10.3. The molecule has 0 fully saturated rings. The summed E-state index contributed by atoms with van der Waals surface area (Å²) < 4.78 is 0. The Bertz CT molecular complexity index is 495. The van der Waals surface area contributed by atoms with Gasteiger partial charge < -0.3 is 10.6 Å². The van der Waals surface area contributed by atoms with Crippen molar-refractivity contribution in [1.82, 2.24) is 0 Å². The number of anilines is 1. The van der Waals surface area contributed by atoms with Gasteiger partial charge in [0.05, 0.1) is 0 Å². The summed E-state index contributed by atoms with van der Waals surface area (Å²) >= 11 is 0. The number of hydrogen-bond donors (Lipinski definition) is 1. The smallest absolute Gasteiger partial charge is 0.0366 e. The second-order valence-electron chi connectivity index (χ2n) is 5.58. The van der Waals surface area contributed by atoms with E-state index < -0.39 is 0 Å². The van der Waals surface area contributed by atoms with Crippen LogP contribution in [0, 0.1) is 0 Å². The fourth-order valence-corrected chi connectivity index (χ4v) is 2.58. The molecule has 0 aromatic heterocycles. The molecule has 0 saturated heterocycles. The lowest BCUT2D eigenvalue weighted by Gasteiger charge is -2.28. The molecule has 2 N–H and O–H groups in total. The third-order valence-corrected chi connectivity index (χ3v) is 3.70. The minimum Gasteiger partial charge on any atom is -0.370 e. The Morgan fingerprint density at radius 3 is 2.19 bits per heavy atom. The van der Waals surface area contributed by atoms with Crippen LogP contribution in [0.4, 0.5) is 5.69 Å². The van der Waals surface area contributed by atoms with E-state index in [0.29, 0.717) is 0 Å². The molecule has 0 radical (unpaired) electrons. The molecule has 0 spiro atoms. The van der Waals surface area contributed by atoms with Crippen molar-refractivity contribution >= 4 is 5.69 Å². The average molecular weight is 282 g/mol. The normalized spacial score (nSPS) is 12.1. The van der Waals surface area contributed by atoms with Crippen LogP contribution in [0.1, 0.15) is 25.3 Å². The minimum atomic E-state index is 0.157. The van der Waals surface area contributed by atoms with Crippen LogP contribution in [-0.2, 0) is 6.42 Å².